The number of amides is 1. The number of rotatable bonds is 1. The maximum atomic E-state index is 10.9. The van der Waals surface area contributed by atoms with Gasteiger partial charge in [0.2, 0.25) is 5.91 Å². The van der Waals surface area contributed by atoms with Crippen LogP contribution in [-0.4, -0.2) is 54.2 Å². The Morgan fingerprint density at radius 1 is 1.29 bits per heavy atom. The van der Waals surface area contributed by atoms with E-state index in [9.17, 15) is 18.0 Å². The highest BCUT2D eigenvalue weighted by Gasteiger charge is 2.38. The Labute approximate surface area is 95.9 Å². The molecule has 0 aromatic heterocycles. The summed E-state index contributed by atoms with van der Waals surface area (Å²) in [5.74, 6) is -2.71. The molecule has 17 heavy (non-hydrogen) atoms. The van der Waals surface area contributed by atoms with Crippen LogP contribution in [-0.2, 0) is 9.59 Å². The highest BCUT2D eigenvalue weighted by Crippen LogP contribution is 2.13. The first-order valence-electron chi connectivity index (χ1n) is 4.71. The van der Waals surface area contributed by atoms with Gasteiger partial charge in [0.1, 0.15) is 0 Å². The number of nitrogens with one attached hydrogen (secondary N) is 1. The summed E-state index contributed by atoms with van der Waals surface area (Å²) in [5, 5.41) is 10.3. The lowest BCUT2D eigenvalue weighted by Crippen LogP contribution is -2.45. The molecule has 1 aliphatic rings. The average molecular weight is 254 g/mol. The first-order chi connectivity index (χ1) is 7.79. The molecule has 1 heterocycles. The number of carboxylic acid groups (broad SMARTS) is 1. The van der Waals surface area contributed by atoms with Crippen molar-refractivity contribution in [1.82, 2.24) is 10.2 Å². The maximum absolute atomic E-state index is 10.9. The number of carbonyl (C=O) groups excluding carboxylic acids is 1. The second-order valence-corrected chi connectivity index (χ2v) is 3.08. The first kappa shape index (κ1) is 15.4. The van der Waals surface area contributed by atoms with Crippen LogP contribution < -0.4 is 5.32 Å². The molecular weight excluding hydrogens is 241 g/mol. The minimum Gasteiger partial charge on any atom is -0.475 e. The van der Waals surface area contributed by atoms with E-state index in [1.165, 1.54) is 6.08 Å². The fraction of sp³-hybridized carbons (Fsp3) is 0.556. The molecule has 0 bridgehead atoms. The quantitative estimate of drug-likeness (QED) is 0.657. The molecule has 5 nitrogen and oxygen atoms in total. The van der Waals surface area contributed by atoms with E-state index in [0.29, 0.717) is 0 Å². The van der Waals surface area contributed by atoms with E-state index in [-0.39, 0.29) is 5.91 Å². The zero-order chi connectivity index (χ0) is 13.5. The van der Waals surface area contributed by atoms with Crippen LogP contribution in [0.15, 0.2) is 12.7 Å². The van der Waals surface area contributed by atoms with Crippen molar-refractivity contribution in [3.63, 3.8) is 0 Å². The Morgan fingerprint density at radius 3 is 2.00 bits per heavy atom. The summed E-state index contributed by atoms with van der Waals surface area (Å²) < 4.78 is 31.7. The van der Waals surface area contributed by atoms with Gasteiger partial charge in [-0.2, -0.15) is 13.2 Å². The molecule has 0 spiro atoms. The van der Waals surface area contributed by atoms with Gasteiger partial charge in [-0.05, 0) is 6.08 Å². The van der Waals surface area contributed by atoms with Crippen molar-refractivity contribution in [1.29, 1.82) is 0 Å². The topological polar surface area (TPSA) is 69.6 Å². The van der Waals surface area contributed by atoms with Crippen molar-refractivity contribution in [2.24, 2.45) is 0 Å². The van der Waals surface area contributed by atoms with Crippen LogP contribution in [0.1, 0.15) is 0 Å². The average Bonchev–Trinajstić information content (AvgIpc) is 2.28. The third-order valence-electron chi connectivity index (χ3n) is 1.85. The van der Waals surface area contributed by atoms with Gasteiger partial charge in [0.25, 0.3) is 0 Å². The first-order valence-corrected chi connectivity index (χ1v) is 4.71. The Morgan fingerprint density at radius 2 is 1.71 bits per heavy atom. The van der Waals surface area contributed by atoms with Crippen molar-refractivity contribution in [2.45, 2.75) is 6.18 Å². The Hall–Kier alpha value is -1.57. The molecule has 0 aliphatic carbocycles. The number of hydrogen-bond donors (Lipinski definition) is 2. The minimum absolute atomic E-state index is 0.0431. The van der Waals surface area contributed by atoms with Crippen molar-refractivity contribution in [2.75, 3.05) is 26.2 Å². The van der Waals surface area contributed by atoms with E-state index in [1.54, 1.807) is 4.90 Å². The van der Waals surface area contributed by atoms with Crippen LogP contribution in [0.25, 0.3) is 0 Å². The van der Waals surface area contributed by atoms with Crippen molar-refractivity contribution < 1.29 is 27.9 Å². The van der Waals surface area contributed by atoms with Gasteiger partial charge in [0.05, 0.1) is 0 Å². The summed E-state index contributed by atoms with van der Waals surface area (Å²) in [6.07, 6.45) is -3.72. The molecule has 1 saturated heterocycles. The van der Waals surface area contributed by atoms with E-state index >= 15 is 0 Å². The van der Waals surface area contributed by atoms with Crippen molar-refractivity contribution >= 4 is 11.9 Å². The van der Waals surface area contributed by atoms with Gasteiger partial charge in [-0.25, -0.2) is 4.79 Å². The van der Waals surface area contributed by atoms with Gasteiger partial charge in [-0.1, -0.05) is 6.58 Å². The molecule has 0 saturated carbocycles. The molecule has 0 radical (unpaired) electrons. The third-order valence-corrected chi connectivity index (χ3v) is 1.85. The number of alkyl halides is 3. The van der Waals surface area contributed by atoms with E-state index in [2.05, 4.69) is 11.9 Å². The summed E-state index contributed by atoms with van der Waals surface area (Å²) in [7, 11) is 0. The lowest BCUT2D eigenvalue weighted by atomic mass is 10.3. The molecule has 1 aliphatic heterocycles. The molecule has 8 heteroatoms. The van der Waals surface area contributed by atoms with Gasteiger partial charge >= 0.3 is 12.1 Å². The lowest BCUT2D eigenvalue weighted by Gasteiger charge is -2.25. The monoisotopic (exact) mass is 254 g/mol. The minimum atomic E-state index is -5.08. The largest absolute Gasteiger partial charge is 0.490 e. The number of piperazine rings is 1. The molecule has 1 fully saturated rings. The molecular formula is C9H13F3N2O3. The molecule has 0 unspecified atom stereocenters. The molecule has 0 atom stereocenters. The van der Waals surface area contributed by atoms with Crippen LogP contribution in [0.3, 0.4) is 0 Å². The molecule has 2 N–H and O–H groups in total. The Kier molecular flexibility index (Phi) is 6.26. The van der Waals surface area contributed by atoms with E-state index in [0.717, 1.165) is 26.2 Å². The fourth-order valence-electron chi connectivity index (χ4n) is 1.01. The van der Waals surface area contributed by atoms with Gasteiger partial charge in [0.15, 0.2) is 0 Å². The Bertz CT molecular complexity index is 286. The normalized spacial score (nSPS) is 15.6. The van der Waals surface area contributed by atoms with E-state index < -0.39 is 12.1 Å². The number of nitrogens with zero attached hydrogens (tertiary/aromatic N) is 1. The molecule has 0 aromatic carbocycles. The van der Waals surface area contributed by atoms with Crippen molar-refractivity contribution in [3.05, 3.63) is 12.7 Å². The zero-order valence-corrected chi connectivity index (χ0v) is 8.96. The van der Waals surface area contributed by atoms with E-state index in [1.807, 2.05) is 0 Å². The third kappa shape index (κ3) is 6.56. The number of halogens is 3. The highest BCUT2D eigenvalue weighted by molar-refractivity contribution is 5.87. The standard InChI is InChI=1S/C7H12N2O.C2HF3O2/c1-2-7(10)9-5-3-8-4-6-9;3-2(4,5)1(6)7/h2,8H,1,3-6H2;(H,6,7). The predicted octanol–water partition coefficient (Wildman–Crippen LogP) is 0.237. The zero-order valence-electron chi connectivity index (χ0n) is 8.96. The van der Waals surface area contributed by atoms with Gasteiger partial charge < -0.3 is 15.3 Å². The second kappa shape index (κ2) is 6.89. The van der Waals surface area contributed by atoms with Crippen LogP contribution in [0.5, 0.6) is 0 Å². The SMILES string of the molecule is C=CC(=O)N1CCNCC1.O=C(O)C(F)(F)F. The predicted molar refractivity (Wildman–Crippen MR) is 53.3 cm³/mol. The maximum Gasteiger partial charge on any atom is 0.490 e. The van der Waals surface area contributed by atoms with Crippen LogP contribution in [0.4, 0.5) is 13.2 Å². The number of hydrogen-bond acceptors (Lipinski definition) is 3. The highest BCUT2D eigenvalue weighted by atomic mass is 19.4. The fourth-order valence-corrected chi connectivity index (χ4v) is 1.01. The summed E-state index contributed by atoms with van der Waals surface area (Å²) in [4.78, 5) is 21.6. The molecule has 0 aromatic rings. The summed E-state index contributed by atoms with van der Waals surface area (Å²) in [6.45, 7) is 6.85. The van der Waals surface area contributed by atoms with Crippen LogP contribution in [0.2, 0.25) is 0 Å². The second-order valence-electron chi connectivity index (χ2n) is 3.08. The molecule has 1 rings (SSSR count). The number of carbonyl (C=O) groups is 2. The summed E-state index contributed by atoms with van der Waals surface area (Å²) in [5.41, 5.74) is 0. The number of aliphatic carboxylic acids is 1. The summed E-state index contributed by atoms with van der Waals surface area (Å²) in [6, 6.07) is 0. The Balaban J connectivity index is 0.000000325. The smallest absolute Gasteiger partial charge is 0.475 e. The van der Waals surface area contributed by atoms with Crippen molar-refractivity contribution in [3.8, 4) is 0 Å². The van der Waals surface area contributed by atoms with Crippen LogP contribution >= 0.6 is 0 Å². The van der Waals surface area contributed by atoms with Gasteiger partial charge in [-0.3, -0.25) is 4.79 Å². The van der Waals surface area contributed by atoms with Gasteiger partial charge in [0, 0.05) is 26.2 Å². The lowest BCUT2D eigenvalue weighted by molar-refractivity contribution is -0.192. The number of carboxylic acids is 1. The summed E-state index contributed by atoms with van der Waals surface area (Å²) >= 11 is 0. The molecule has 1 amide bonds. The van der Waals surface area contributed by atoms with E-state index in [4.69, 9.17) is 9.90 Å². The molecule has 98 valence electrons. The van der Waals surface area contributed by atoms with Gasteiger partial charge in [-0.15, -0.1) is 0 Å². The van der Waals surface area contributed by atoms with Crippen LogP contribution in [0, 0.1) is 0 Å².